The molecule has 0 aromatic heterocycles. The summed E-state index contributed by atoms with van der Waals surface area (Å²) < 4.78 is 0. The first kappa shape index (κ1) is 17.0. The largest absolute Gasteiger partial charge is 0.300 e. The van der Waals surface area contributed by atoms with Crippen LogP contribution in [-0.4, -0.2) is 11.6 Å². The van der Waals surface area contributed by atoms with E-state index in [1.165, 1.54) is 23.1 Å². The topological polar surface area (TPSA) is 34.1 Å². The first-order valence-electron chi connectivity index (χ1n) is 9.83. The van der Waals surface area contributed by atoms with Crippen molar-refractivity contribution in [1.82, 2.24) is 0 Å². The first-order valence-corrected chi connectivity index (χ1v) is 9.83. The SMILES string of the molecule is CC(=O)C1CCC2C3C=C(C)C4=CC(=O)C=C(C)C4(C)C3CCC12C. The quantitative estimate of drug-likeness (QED) is 0.670. The summed E-state index contributed by atoms with van der Waals surface area (Å²) in [6, 6.07) is 0. The molecule has 0 aromatic carbocycles. The van der Waals surface area contributed by atoms with Gasteiger partial charge in [-0.3, -0.25) is 9.59 Å². The predicted octanol–water partition coefficient (Wildman–Crippen LogP) is 5.06. The average Bonchev–Trinajstić information content (AvgIpc) is 2.88. The number of fused-ring (bicyclic) bond motifs is 5. The van der Waals surface area contributed by atoms with Gasteiger partial charge in [-0.2, -0.15) is 0 Å². The summed E-state index contributed by atoms with van der Waals surface area (Å²) in [5, 5.41) is 0. The zero-order valence-corrected chi connectivity index (χ0v) is 16.2. The fourth-order valence-electron chi connectivity index (χ4n) is 7.07. The van der Waals surface area contributed by atoms with Gasteiger partial charge in [0.25, 0.3) is 0 Å². The van der Waals surface area contributed by atoms with Crippen LogP contribution in [-0.2, 0) is 9.59 Å². The first-order chi connectivity index (χ1) is 11.7. The number of carbonyl (C=O) groups excluding carboxylic acids is 2. The van der Waals surface area contributed by atoms with Gasteiger partial charge in [-0.1, -0.05) is 31.1 Å². The number of Topliss-reactive ketones (excluding diaryl/α,β-unsaturated/α-hetero) is 1. The minimum Gasteiger partial charge on any atom is -0.300 e. The van der Waals surface area contributed by atoms with Crippen molar-refractivity contribution in [3.8, 4) is 0 Å². The lowest BCUT2D eigenvalue weighted by Gasteiger charge is -2.57. The highest BCUT2D eigenvalue weighted by Gasteiger charge is 2.59. The fourth-order valence-corrected chi connectivity index (χ4v) is 7.07. The van der Waals surface area contributed by atoms with Gasteiger partial charge in [-0.05, 0) is 87.3 Å². The van der Waals surface area contributed by atoms with Gasteiger partial charge >= 0.3 is 0 Å². The molecule has 134 valence electrons. The van der Waals surface area contributed by atoms with Crippen molar-refractivity contribution < 1.29 is 9.59 Å². The summed E-state index contributed by atoms with van der Waals surface area (Å²) in [6.45, 7) is 10.8. The Hall–Kier alpha value is -1.44. The van der Waals surface area contributed by atoms with E-state index >= 15 is 0 Å². The summed E-state index contributed by atoms with van der Waals surface area (Å²) in [6.07, 6.45) is 10.7. The van der Waals surface area contributed by atoms with Gasteiger partial charge in [0.2, 0.25) is 0 Å². The molecule has 0 aliphatic heterocycles. The van der Waals surface area contributed by atoms with Gasteiger partial charge < -0.3 is 0 Å². The molecule has 25 heavy (non-hydrogen) atoms. The van der Waals surface area contributed by atoms with E-state index in [9.17, 15) is 9.59 Å². The highest BCUT2D eigenvalue weighted by molar-refractivity contribution is 6.02. The van der Waals surface area contributed by atoms with Crippen LogP contribution in [0.15, 0.2) is 34.9 Å². The zero-order valence-electron chi connectivity index (χ0n) is 16.2. The van der Waals surface area contributed by atoms with Crippen LogP contribution in [0, 0.1) is 34.5 Å². The standard InChI is InChI=1S/C23H30O2/c1-13-10-17-19-7-6-18(15(3)24)22(19,4)9-8-20(17)23(5)14(2)11-16(25)12-21(13)23/h10-12,17-20H,6-9H2,1-5H3. The van der Waals surface area contributed by atoms with Gasteiger partial charge in [0, 0.05) is 11.3 Å². The van der Waals surface area contributed by atoms with E-state index in [-0.39, 0.29) is 22.5 Å². The Labute approximate surface area is 151 Å². The molecule has 6 atom stereocenters. The van der Waals surface area contributed by atoms with Gasteiger partial charge in [-0.15, -0.1) is 0 Å². The molecule has 0 saturated heterocycles. The van der Waals surface area contributed by atoms with Crippen LogP contribution in [0.25, 0.3) is 0 Å². The maximum absolute atomic E-state index is 12.2. The minimum atomic E-state index is -0.0208. The van der Waals surface area contributed by atoms with E-state index in [2.05, 4.69) is 33.8 Å². The van der Waals surface area contributed by atoms with Crippen LogP contribution in [0.4, 0.5) is 0 Å². The maximum atomic E-state index is 12.2. The number of rotatable bonds is 1. The molecule has 2 nitrogen and oxygen atoms in total. The molecule has 2 heteroatoms. The monoisotopic (exact) mass is 338 g/mol. The van der Waals surface area contributed by atoms with Crippen molar-refractivity contribution in [2.45, 2.75) is 60.3 Å². The second-order valence-corrected chi connectivity index (χ2v) is 9.42. The van der Waals surface area contributed by atoms with Gasteiger partial charge in [0.1, 0.15) is 5.78 Å². The van der Waals surface area contributed by atoms with E-state index < -0.39 is 0 Å². The molecule has 0 heterocycles. The van der Waals surface area contributed by atoms with Crippen LogP contribution in [0.3, 0.4) is 0 Å². The maximum Gasteiger partial charge on any atom is 0.178 e. The van der Waals surface area contributed by atoms with Crippen molar-refractivity contribution in [3.05, 3.63) is 34.9 Å². The van der Waals surface area contributed by atoms with Crippen LogP contribution in [0.1, 0.15) is 60.3 Å². The van der Waals surface area contributed by atoms with E-state index in [1.54, 1.807) is 6.92 Å². The number of carbonyl (C=O) groups is 2. The van der Waals surface area contributed by atoms with Gasteiger partial charge in [-0.25, -0.2) is 0 Å². The molecular formula is C23H30O2. The number of hydrogen-bond donors (Lipinski definition) is 0. The number of ketones is 2. The Kier molecular flexibility index (Phi) is 3.59. The smallest absolute Gasteiger partial charge is 0.178 e. The number of hydrogen-bond acceptors (Lipinski definition) is 2. The van der Waals surface area contributed by atoms with Crippen molar-refractivity contribution >= 4 is 11.6 Å². The average molecular weight is 338 g/mol. The molecule has 0 radical (unpaired) electrons. The van der Waals surface area contributed by atoms with E-state index in [1.807, 2.05) is 12.2 Å². The third-order valence-corrected chi connectivity index (χ3v) is 8.46. The van der Waals surface area contributed by atoms with E-state index in [0.717, 1.165) is 19.3 Å². The molecule has 0 spiro atoms. The number of allylic oxidation sites excluding steroid dienone is 6. The Morgan fingerprint density at radius 1 is 1.08 bits per heavy atom. The molecule has 2 saturated carbocycles. The third kappa shape index (κ3) is 2.09. The summed E-state index contributed by atoms with van der Waals surface area (Å²) in [7, 11) is 0. The Morgan fingerprint density at radius 3 is 2.48 bits per heavy atom. The highest BCUT2D eigenvalue weighted by Crippen LogP contribution is 2.66. The van der Waals surface area contributed by atoms with Crippen LogP contribution >= 0.6 is 0 Å². The second kappa shape index (κ2) is 5.28. The van der Waals surface area contributed by atoms with Gasteiger partial charge in [0.05, 0.1) is 0 Å². The summed E-state index contributed by atoms with van der Waals surface area (Å²) >= 11 is 0. The van der Waals surface area contributed by atoms with Crippen LogP contribution in [0.2, 0.25) is 0 Å². The van der Waals surface area contributed by atoms with Crippen molar-refractivity contribution in [2.75, 3.05) is 0 Å². The molecule has 2 fully saturated rings. The summed E-state index contributed by atoms with van der Waals surface area (Å²) in [4.78, 5) is 24.3. The molecule has 4 aliphatic carbocycles. The van der Waals surface area contributed by atoms with E-state index in [0.29, 0.717) is 23.5 Å². The fraction of sp³-hybridized carbons (Fsp3) is 0.652. The third-order valence-electron chi connectivity index (χ3n) is 8.46. The summed E-state index contributed by atoms with van der Waals surface area (Å²) in [5.74, 6) is 2.43. The molecule has 0 N–H and O–H groups in total. The van der Waals surface area contributed by atoms with Crippen LogP contribution in [0.5, 0.6) is 0 Å². The Balaban J connectivity index is 1.81. The van der Waals surface area contributed by atoms with Crippen molar-refractivity contribution in [1.29, 1.82) is 0 Å². The molecule has 4 aliphatic rings. The summed E-state index contributed by atoms with van der Waals surface area (Å²) in [5.41, 5.74) is 3.88. The lowest BCUT2D eigenvalue weighted by molar-refractivity contribution is -0.126. The van der Waals surface area contributed by atoms with E-state index in [4.69, 9.17) is 0 Å². The molecule has 0 amide bonds. The lowest BCUT2D eigenvalue weighted by Crippen LogP contribution is -2.50. The lowest BCUT2D eigenvalue weighted by atomic mass is 9.47. The van der Waals surface area contributed by atoms with Crippen LogP contribution < -0.4 is 0 Å². The van der Waals surface area contributed by atoms with Crippen molar-refractivity contribution in [3.63, 3.8) is 0 Å². The Bertz CT molecular complexity index is 752. The molecule has 0 bridgehead atoms. The molecule has 6 unspecified atom stereocenters. The molecule has 4 rings (SSSR count). The normalized spacial score (nSPS) is 45.6. The van der Waals surface area contributed by atoms with Gasteiger partial charge in [0.15, 0.2) is 5.78 Å². The molecular weight excluding hydrogens is 308 g/mol. The highest BCUT2D eigenvalue weighted by atomic mass is 16.1. The van der Waals surface area contributed by atoms with Crippen molar-refractivity contribution in [2.24, 2.45) is 34.5 Å². The Morgan fingerprint density at radius 2 is 1.80 bits per heavy atom. The minimum absolute atomic E-state index is 0.0208. The predicted molar refractivity (Wildman–Crippen MR) is 99.9 cm³/mol. The zero-order chi connectivity index (χ0) is 18.1. The molecule has 0 aromatic rings. The second-order valence-electron chi connectivity index (χ2n) is 9.42.